The molecule has 0 spiro atoms. The van der Waals surface area contributed by atoms with Gasteiger partial charge in [0.15, 0.2) is 5.13 Å². The normalized spacial score (nSPS) is 13.4. The molecule has 1 aliphatic rings. The first-order chi connectivity index (χ1) is 14.4. The Bertz CT molecular complexity index is 1150. The van der Waals surface area contributed by atoms with Crippen LogP contribution in [0, 0.1) is 10.1 Å². The molecule has 3 aromatic rings. The smallest absolute Gasteiger partial charge is 0.270 e. The fraction of sp³-hybridized carbons (Fsp3) is 0.250. The Balaban J connectivity index is 1.63. The van der Waals surface area contributed by atoms with Gasteiger partial charge in [-0.2, -0.15) is 0 Å². The van der Waals surface area contributed by atoms with E-state index < -0.39 is 10.8 Å². The van der Waals surface area contributed by atoms with Crippen molar-refractivity contribution in [1.82, 2.24) is 4.98 Å². The molecule has 4 rings (SSSR count). The minimum atomic E-state index is -0.508. The maximum Gasteiger partial charge on any atom is 0.270 e. The zero-order valence-electron chi connectivity index (χ0n) is 16.2. The van der Waals surface area contributed by atoms with E-state index in [1.807, 2.05) is 0 Å². The molecule has 10 heteroatoms. The number of rotatable bonds is 5. The summed E-state index contributed by atoms with van der Waals surface area (Å²) in [6.07, 6.45) is 2.04. The molecule has 9 nitrogen and oxygen atoms in total. The average Bonchev–Trinajstić information content (AvgIpc) is 3.36. The molecule has 30 heavy (non-hydrogen) atoms. The van der Waals surface area contributed by atoms with E-state index in [4.69, 9.17) is 0 Å². The molecule has 1 aliphatic heterocycles. The second kappa shape index (κ2) is 8.07. The van der Waals surface area contributed by atoms with Crippen molar-refractivity contribution in [2.75, 3.05) is 28.6 Å². The summed E-state index contributed by atoms with van der Waals surface area (Å²) in [6.45, 7) is 3.05. The molecular weight excluding hydrogens is 406 g/mol. The van der Waals surface area contributed by atoms with Crippen molar-refractivity contribution in [3.63, 3.8) is 0 Å². The Morgan fingerprint density at radius 2 is 1.90 bits per heavy atom. The number of carbonyl (C=O) groups is 2. The van der Waals surface area contributed by atoms with Gasteiger partial charge in [0.2, 0.25) is 5.91 Å². The highest BCUT2D eigenvalue weighted by Crippen LogP contribution is 2.31. The first-order valence-corrected chi connectivity index (χ1v) is 10.3. The highest BCUT2D eigenvalue weighted by molar-refractivity contribution is 7.22. The monoisotopic (exact) mass is 425 g/mol. The van der Waals surface area contributed by atoms with Crippen LogP contribution in [-0.4, -0.2) is 34.8 Å². The number of non-ortho nitro benzene ring substituents is 1. The number of nitro benzene ring substituents is 1. The Kier molecular flexibility index (Phi) is 5.32. The number of carbonyl (C=O) groups excluding carboxylic acids is 2. The third kappa shape index (κ3) is 4.08. The van der Waals surface area contributed by atoms with Crippen molar-refractivity contribution in [3.8, 4) is 0 Å². The van der Waals surface area contributed by atoms with Gasteiger partial charge in [0.1, 0.15) is 0 Å². The van der Waals surface area contributed by atoms with Gasteiger partial charge in [0.05, 0.1) is 26.4 Å². The molecule has 2 amide bonds. The molecule has 0 radical (unpaired) electrons. The van der Waals surface area contributed by atoms with Gasteiger partial charge in [-0.25, -0.2) is 4.98 Å². The van der Waals surface area contributed by atoms with Crippen molar-refractivity contribution >= 4 is 55.6 Å². The lowest BCUT2D eigenvalue weighted by atomic mass is 10.1. The molecule has 2 heterocycles. The lowest BCUT2D eigenvalue weighted by Crippen LogP contribution is -2.23. The quantitative estimate of drug-likeness (QED) is 0.471. The van der Waals surface area contributed by atoms with E-state index in [1.54, 1.807) is 24.3 Å². The first-order valence-electron chi connectivity index (χ1n) is 9.43. The number of nitrogens with zero attached hydrogens (tertiary/aromatic N) is 3. The molecule has 0 saturated carbocycles. The Morgan fingerprint density at radius 3 is 2.60 bits per heavy atom. The molecule has 1 aromatic heterocycles. The molecule has 2 N–H and O–H groups in total. The van der Waals surface area contributed by atoms with Crippen molar-refractivity contribution < 1.29 is 14.5 Å². The van der Waals surface area contributed by atoms with Gasteiger partial charge in [-0.05, 0) is 37.1 Å². The maximum absolute atomic E-state index is 13.0. The molecular formula is C20H19N5O4S. The highest BCUT2D eigenvalue weighted by Gasteiger charge is 2.23. The lowest BCUT2D eigenvalue weighted by molar-refractivity contribution is -0.384. The summed E-state index contributed by atoms with van der Waals surface area (Å²) >= 11 is 1.27. The van der Waals surface area contributed by atoms with E-state index in [0.717, 1.165) is 30.6 Å². The van der Waals surface area contributed by atoms with Gasteiger partial charge in [-0.3, -0.25) is 25.0 Å². The summed E-state index contributed by atoms with van der Waals surface area (Å²) in [5.41, 5.74) is 2.14. The number of aromatic nitrogens is 1. The topological polar surface area (TPSA) is 117 Å². The van der Waals surface area contributed by atoms with Crippen LogP contribution < -0.4 is 15.5 Å². The summed E-state index contributed by atoms with van der Waals surface area (Å²) in [5.74, 6) is -0.616. The van der Waals surface area contributed by atoms with E-state index in [-0.39, 0.29) is 17.2 Å². The van der Waals surface area contributed by atoms with Gasteiger partial charge in [0, 0.05) is 37.8 Å². The standard InChI is InChI=1S/C20H19N5O4S/c1-12(26)21-13-4-6-16-18(10-13)30-20(22-16)23-19(27)15-11-14(25(28)29)5-7-17(15)24-8-2-3-9-24/h4-7,10-11H,2-3,8-9H2,1H3,(H,21,26)(H,22,23,27). The van der Waals surface area contributed by atoms with Crippen molar-refractivity contribution in [1.29, 1.82) is 0 Å². The average molecular weight is 425 g/mol. The summed E-state index contributed by atoms with van der Waals surface area (Å²) < 4.78 is 0.801. The Morgan fingerprint density at radius 1 is 1.13 bits per heavy atom. The first kappa shape index (κ1) is 19.8. The number of fused-ring (bicyclic) bond motifs is 1. The van der Waals surface area contributed by atoms with Crippen LogP contribution in [0.3, 0.4) is 0 Å². The number of thiazole rings is 1. The largest absolute Gasteiger partial charge is 0.371 e. The van der Waals surface area contributed by atoms with Gasteiger partial charge < -0.3 is 10.2 Å². The highest BCUT2D eigenvalue weighted by atomic mass is 32.1. The maximum atomic E-state index is 13.0. The third-order valence-corrected chi connectivity index (χ3v) is 5.75. The van der Waals surface area contributed by atoms with Gasteiger partial charge in [-0.1, -0.05) is 11.3 Å². The Labute approximate surface area is 175 Å². The lowest BCUT2D eigenvalue weighted by Gasteiger charge is -2.20. The van der Waals surface area contributed by atoms with E-state index >= 15 is 0 Å². The minimum Gasteiger partial charge on any atom is -0.371 e. The van der Waals surface area contributed by atoms with Crippen molar-refractivity contribution in [2.45, 2.75) is 19.8 Å². The zero-order chi connectivity index (χ0) is 21.3. The second-order valence-corrected chi connectivity index (χ2v) is 8.02. The van der Waals surface area contributed by atoms with Crippen molar-refractivity contribution in [3.05, 3.63) is 52.1 Å². The number of anilines is 3. The molecule has 1 saturated heterocycles. The molecule has 154 valence electrons. The number of hydrogen-bond donors (Lipinski definition) is 2. The predicted molar refractivity (Wildman–Crippen MR) is 116 cm³/mol. The SMILES string of the molecule is CC(=O)Nc1ccc2nc(NC(=O)c3cc([N+](=O)[O-])ccc3N3CCCC3)sc2c1. The van der Waals surface area contributed by atoms with E-state index in [2.05, 4.69) is 20.5 Å². The van der Waals surface area contributed by atoms with Crippen LogP contribution in [0.5, 0.6) is 0 Å². The third-order valence-electron chi connectivity index (χ3n) is 4.81. The summed E-state index contributed by atoms with van der Waals surface area (Å²) in [5, 5.41) is 17.1. The summed E-state index contributed by atoms with van der Waals surface area (Å²) in [6, 6.07) is 9.65. The number of benzene rings is 2. The second-order valence-electron chi connectivity index (χ2n) is 6.99. The van der Waals surface area contributed by atoms with Crippen LogP contribution in [0.1, 0.15) is 30.1 Å². The number of hydrogen-bond acceptors (Lipinski definition) is 7. The van der Waals surface area contributed by atoms with E-state index in [1.165, 1.54) is 30.4 Å². The minimum absolute atomic E-state index is 0.132. The Hall–Kier alpha value is -3.53. The van der Waals surface area contributed by atoms with Crippen LogP contribution in [0.25, 0.3) is 10.2 Å². The molecule has 0 aliphatic carbocycles. The van der Waals surface area contributed by atoms with Crippen LogP contribution in [0.15, 0.2) is 36.4 Å². The molecule has 1 fully saturated rings. The van der Waals surface area contributed by atoms with Gasteiger partial charge >= 0.3 is 0 Å². The molecule has 0 bridgehead atoms. The van der Waals surface area contributed by atoms with Gasteiger partial charge in [-0.15, -0.1) is 0 Å². The predicted octanol–water partition coefficient (Wildman–Crippen LogP) is 4.02. The van der Waals surface area contributed by atoms with E-state index in [9.17, 15) is 19.7 Å². The fourth-order valence-corrected chi connectivity index (χ4v) is 4.38. The van der Waals surface area contributed by atoms with E-state index in [0.29, 0.717) is 22.0 Å². The van der Waals surface area contributed by atoms with Crippen LogP contribution in [0.2, 0.25) is 0 Å². The number of amides is 2. The zero-order valence-corrected chi connectivity index (χ0v) is 17.0. The molecule has 2 aromatic carbocycles. The summed E-state index contributed by atoms with van der Waals surface area (Å²) in [7, 11) is 0. The van der Waals surface area contributed by atoms with Crippen LogP contribution >= 0.6 is 11.3 Å². The summed E-state index contributed by atoms with van der Waals surface area (Å²) in [4.78, 5) is 41.4. The van der Waals surface area contributed by atoms with Crippen molar-refractivity contribution in [2.24, 2.45) is 0 Å². The van der Waals surface area contributed by atoms with Gasteiger partial charge in [0.25, 0.3) is 11.6 Å². The fourth-order valence-electron chi connectivity index (χ4n) is 3.48. The molecule has 0 atom stereocenters. The molecule has 0 unspecified atom stereocenters. The number of nitro groups is 1. The van der Waals surface area contributed by atoms with Crippen LogP contribution in [-0.2, 0) is 4.79 Å². The van der Waals surface area contributed by atoms with Crippen LogP contribution in [0.4, 0.5) is 22.2 Å². The number of nitrogens with one attached hydrogen (secondary N) is 2.